The molecule has 2 aromatic heterocycles. The highest BCUT2D eigenvalue weighted by Gasteiger charge is 2.23. The number of hydrogen-bond donors (Lipinski definition) is 4. The van der Waals surface area contributed by atoms with Crippen molar-refractivity contribution in [3.05, 3.63) is 29.8 Å². The van der Waals surface area contributed by atoms with Crippen LogP contribution in [0.2, 0.25) is 0 Å². The topological polar surface area (TPSA) is 169 Å². The van der Waals surface area contributed by atoms with Crippen LogP contribution in [0.25, 0.3) is 0 Å². The van der Waals surface area contributed by atoms with Gasteiger partial charge in [-0.05, 0) is 32.6 Å². The molecule has 1 saturated heterocycles. The molecule has 3 heterocycles. The quantitative estimate of drug-likeness (QED) is 0.499. The molecule has 0 saturated carbocycles. The van der Waals surface area contributed by atoms with Crippen molar-refractivity contribution in [2.24, 2.45) is 5.92 Å². The van der Waals surface area contributed by atoms with E-state index in [-0.39, 0.29) is 29.3 Å². The Morgan fingerprint density at radius 1 is 1.22 bits per heavy atom. The van der Waals surface area contributed by atoms with Gasteiger partial charge in [-0.1, -0.05) is 0 Å². The fourth-order valence-electron chi connectivity index (χ4n) is 3.25. The first kappa shape index (κ1) is 22.7. The monoisotopic (exact) mass is 439 g/mol. The Kier molecular flexibility index (Phi) is 7.33. The van der Waals surface area contributed by atoms with Crippen LogP contribution in [-0.4, -0.2) is 67.8 Å². The molecular weight excluding hydrogens is 414 g/mol. The van der Waals surface area contributed by atoms with Gasteiger partial charge in [0.1, 0.15) is 11.9 Å². The van der Waals surface area contributed by atoms with E-state index < -0.39 is 6.09 Å². The highest BCUT2D eigenvalue weighted by Crippen LogP contribution is 2.22. The summed E-state index contributed by atoms with van der Waals surface area (Å²) in [5.74, 6) is 0.652. The van der Waals surface area contributed by atoms with Crippen molar-refractivity contribution in [3.63, 3.8) is 0 Å². The summed E-state index contributed by atoms with van der Waals surface area (Å²) >= 11 is 0. The van der Waals surface area contributed by atoms with E-state index in [1.807, 2.05) is 19.9 Å². The third-order valence-electron chi connectivity index (χ3n) is 4.92. The van der Waals surface area contributed by atoms with Gasteiger partial charge in [0.2, 0.25) is 0 Å². The Morgan fingerprint density at radius 3 is 2.56 bits per heavy atom. The van der Waals surface area contributed by atoms with Crippen LogP contribution in [0, 0.1) is 17.2 Å². The predicted octanol–water partition coefficient (Wildman–Crippen LogP) is 1.82. The first-order valence-corrected chi connectivity index (χ1v) is 10.2. The summed E-state index contributed by atoms with van der Waals surface area (Å²) < 4.78 is 0. The number of anilines is 3. The summed E-state index contributed by atoms with van der Waals surface area (Å²) in [5.41, 5.74) is 0.861. The molecular formula is C20H25N9O3. The normalized spacial score (nSPS) is 14.0. The molecule has 12 heteroatoms. The molecule has 3 rings (SSSR count). The summed E-state index contributed by atoms with van der Waals surface area (Å²) in [6, 6.07) is 3.50. The zero-order chi connectivity index (χ0) is 23.1. The largest absolute Gasteiger partial charge is 0.465 e. The van der Waals surface area contributed by atoms with Gasteiger partial charge in [-0.15, -0.1) is 10.2 Å². The summed E-state index contributed by atoms with van der Waals surface area (Å²) in [4.78, 5) is 33.1. The maximum absolute atomic E-state index is 12.6. The molecule has 2 amide bonds. The van der Waals surface area contributed by atoms with Crippen LogP contribution in [0.5, 0.6) is 0 Å². The lowest BCUT2D eigenvalue weighted by Crippen LogP contribution is -2.39. The number of carbonyl (C=O) groups is 2. The van der Waals surface area contributed by atoms with E-state index in [2.05, 4.69) is 36.1 Å². The van der Waals surface area contributed by atoms with Gasteiger partial charge in [0.05, 0.1) is 18.1 Å². The molecule has 0 spiro atoms. The van der Waals surface area contributed by atoms with Crippen molar-refractivity contribution in [2.75, 3.05) is 30.3 Å². The molecule has 1 fully saturated rings. The number of aromatic nitrogens is 4. The molecule has 4 N–H and O–H groups in total. The zero-order valence-electron chi connectivity index (χ0n) is 17.9. The molecule has 1 aliphatic rings. The Balaban J connectivity index is 1.74. The van der Waals surface area contributed by atoms with E-state index in [9.17, 15) is 9.59 Å². The number of nitrogens with zero attached hydrogens (tertiary/aromatic N) is 6. The molecule has 168 valence electrons. The second kappa shape index (κ2) is 10.3. The Bertz CT molecular complexity index is 996. The minimum absolute atomic E-state index is 0.0655. The van der Waals surface area contributed by atoms with Crippen LogP contribution in [0.15, 0.2) is 18.5 Å². The molecule has 2 aromatic rings. The van der Waals surface area contributed by atoms with Gasteiger partial charge in [0.15, 0.2) is 17.2 Å². The molecule has 12 nitrogen and oxygen atoms in total. The number of carboxylic acid groups (broad SMARTS) is 1. The van der Waals surface area contributed by atoms with E-state index in [1.165, 1.54) is 17.3 Å². The third-order valence-corrected chi connectivity index (χ3v) is 4.92. The van der Waals surface area contributed by atoms with E-state index in [4.69, 9.17) is 10.4 Å². The maximum Gasteiger partial charge on any atom is 0.407 e. The lowest BCUT2D eigenvalue weighted by atomic mass is 9.97. The lowest BCUT2D eigenvalue weighted by molar-refractivity contribution is 0.0937. The number of hydrogen-bond acceptors (Lipinski definition) is 9. The van der Waals surface area contributed by atoms with E-state index in [0.717, 1.165) is 12.8 Å². The lowest BCUT2D eigenvalue weighted by Gasteiger charge is -2.30. The number of carbonyl (C=O) groups excluding carboxylic acids is 1. The van der Waals surface area contributed by atoms with Gasteiger partial charge < -0.3 is 26.0 Å². The van der Waals surface area contributed by atoms with Crippen LogP contribution in [-0.2, 0) is 0 Å². The smallest absolute Gasteiger partial charge is 0.407 e. The van der Waals surface area contributed by atoms with Crippen LogP contribution in [0.4, 0.5) is 22.1 Å². The van der Waals surface area contributed by atoms with Crippen molar-refractivity contribution in [2.45, 2.75) is 32.7 Å². The van der Waals surface area contributed by atoms with Gasteiger partial charge >= 0.3 is 6.09 Å². The molecule has 0 aliphatic carbocycles. The highest BCUT2D eigenvalue weighted by atomic mass is 16.4. The molecule has 0 bridgehead atoms. The number of likely N-dealkylation sites (tertiary alicyclic amines) is 1. The Morgan fingerprint density at radius 2 is 1.97 bits per heavy atom. The molecule has 0 atom stereocenters. The predicted molar refractivity (Wildman–Crippen MR) is 115 cm³/mol. The SMILES string of the molecule is CC(C)NC(=O)c1nnc(Nc2cnc(C#N)cn2)cc1NCC1CCN(C(=O)O)CC1. The number of amides is 2. The van der Waals surface area contributed by atoms with Crippen molar-refractivity contribution in [1.29, 1.82) is 5.26 Å². The maximum atomic E-state index is 12.6. The third kappa shape index (κ3) is 6.00. The number of piperidine rings is 1. The van der Waals surface area contributed by atoms with Crippen LogP contribution in [0.3, 0.4) is 0 Å². The minimum Gasteiger partial charge on any atom is -0.465 e. The van der Waals surface area contributed by atoms with E-state index >= 15 is 0 Å². The van der Waals surface area contributed by atoms with Crippen molar-refractivity contribution < 1.29 is 14.7 Å². The van der Waals surface area contributed by atoms with Gasteiger partial charge in [0.25, 0.3) is 5.91 Å². The summed E-state index contributed by atoms with van der Waals surface area (Å²) in [5, 5.41) is 35.1. The van der Waals surface area contributed by atoms with Crippen LogP contribution < -0.4 is 16.0 Å². The second-order valence-electron chi connectivity index (χ2n) is 7.74. The summed E-state index contributed by atoms with van der Waals surface area (Å²) in [6.45, 7) is 5.25. The van der Waals surface area contributed by atoms with Crippen molar-refractivity contribution in [1.82, 2.24) is 30.4 Å². The van der Waals surface area contributed by atoms with Gasteiger partial charge in [0, 0.05) is 31.7 Å². The Labute approximate surface area is 185 Å². The molecule has 32 heavy (non-hydrogen) atoms. The van der Waals surface area contributed by atoms with Gasteiger partial charge in [-0.25, -0.2) is 14.8 Å². The van der Waals surface area contributed by atoms with Crippen molar-refractivity contribution >= 4 is 29.3 Å². The number of nitriles is 1. The van der Waals surface area contributed by atoms with Crippen LogP contribution >= 0.6 is 0 Å². The highest BCUT2D eigenvalue weighted by molar-refractivity contribution is 5.98. The summed E-state index contributed by atoms with van der Waals surface area (Å²) in [7, 11) is 0. The van der Waals surface area contributed by atoms with E-state index in [0.29, 0.717) is 37.0 Å². The number of nitrogens with one attached hydrogen (secondary N) is 3. The molecule has 0 unspecified atom stereocenters. The Hall–Kier alpha value is -4.01. The van der Waals surface area contributed by atoms with E-state index in [1.54, 1.807) is 6.07 Å². The first-order chi connectivity index (χ1) is 15.4. The standard InChI is InChI=1S/C20H25N9O3/c1-12(2)25-19(30)18-15(23-9-13-3-5-29(6-4-13)20(31)32)7-16(27-28-18)26-17-11-22-14(8-21)10-24-17/h7,10-13H,3-6,9H2,1-2H3,(H,25,30)(H,31,32)(H2,23,24,26,27). The fraction of sp³-hybridized carbons (Fsp3) is 0.450. The van der Waals surface area contributed by atoms with Crippen molar-refractivity contribution in [3.8, 4) is 6.07 Å². The van der Waals surface area contributed by atoms with Gasteiger partial charge in [-0.3, -0.25) is 4.79 Å². The van der Waals surface area contributed by atoms with Crippen LogP contribution in [0.1, 0.15) is 42.9 Å². The average Bonchev–Trinajstić information content (AvgIpc) is 2.78. The second-order valence-corrected chi connectivity index (χ2v) is 7.74. The first-order valence-electron chi connectivity index (χ1n) is 10.2. The number of rotatable bonds is 7. The molecule has 0 radical (unpaired) electrons. The molecule has 1 aliphatic heterocycles. The zero-order valence-corrected chi connectivity index (χ0v) is 17.9. The van der Waals surface area contributed by atoms with Gasteiger partial charge in [-0.2, -0.15) is 5.26 Å². The minimum atomic E-state index is -0.899. The fourth-order valence-corrected chi connectivity index (χ4v) is 3.25. The average molecular weight is 439 g/mol. The molecule has 0 aromatic carbocycles. The summed E-state index contributed by atoms with van der Waals surface area (Å²) in [6.07, 6.45) is 3.31.